The Morgan fingerprint density at radius 3 is 2.35 bits per heavy atom. The van der Waals surface area contributed by atoms with E-state index in [4.69, 9.17) is 28.3 Å². The molecule has 114 valence electrons. The molecule has 0 aliphatic carbocycles. The van der Waals surface area contributed by atoms with E-state index in [1.807, 2.05) is 0 Å². The maximum absolute atomic E-state index is 11.9. The molecule has 0 amide bonds. The van der Waals surface area contributed by atoms with E-state index in [1.165, 1.54) is 12.1 Å². The van der Waals surface area contributed by atoms with Crippen molar-refractivity contribution in [1.29, 1.82) is 0 Å². The minimum absolute atomic E-state index is 0. The fraction of sp³-hybridized carbons (Fsp3) is 0. The van der Waals surface area contributed by atoms with Gasteiger partial charge in [-0.3, -0.25) is 14.3 Å². The molecular weight excluding hydrogens is 378 g/mol. The van der Waals surface area contributed by atoms with Crippen LogP contribution in [0, 0.1) is 0 Å². The SMILES string of the molecule is O=C(O)c1c(C(=O)[O-])n(-c2cc(Cl)ccc2Cl)c(=O)[nH]c1=O.[K+]. The van der Waals surface area contributed by atoms with Crippen LogP contribution in [-0.4, -0.2) is 26.6 Å². The number of hydrogen-bond acceptors (Lipinski definition) is 5. The number of aromatic carboxylic acids is 2. The minimum atomic E-state index is -2.03. The van der Waals surface area contributed by atoms with Gasteiger partial charge in [-0.05, 0) is 18.2 Å². The summed E-state index contributed by atoms with van der Waals surface area (Å²) < 4.78 is 0.411. The van der Waals surface area contributed by atoms with Crippen LogP contribution in [0.3, 0.4) is 0 Å². The third kappa shape index (κ3) is 3.94. The normalized spacial score (nSPS) is 10.0. The number of carboxylic acids is 2. The Balaban J connectivity index is 0.00000264. The van der Waals surface area contributed by atoms with Gasteiger partial charge in [-0.1, -0.05) is 23.2 Å². The van der Waals surface area contributed by atoms with E-state index < -0.39 is 34.4 Å². The summed E-state index contributed by atoms with van der Waals surface area (Å²) in [6, 6.07) is 3.79. The first kappa shape index (κ1) is 20.1. The van der Waals surface area contributed by atoms with Crippen LogP contribution < -0.4 is 67.7 Å². The van der Waals surface area contributed by atoms with Crippen molar-refractivity contribution >= 4 is 35.1 Å². The molecular formula is C12H5Cl2KN2O6. The molecule has 8 nitrogen and oxygen atoms in total. The van der Waals surface area contributed by atoms with E-state index in [1.54, 1.807) is 4.98 Å². The Labute approximate surface area is 180 Å². The van der Waals surface area contributed by atoms with Crippen LogP contribution in [0.25, 0.3) is 5.69 Å². The number of carbonyl (C=O) groups excluding carboxylic acids is 1. The summed E-state index contributed by atoms with van der Waals surface area (Å²) in [5.74, 6) is -3.87. The van der Waals surface area contributed by atoms with Crippen molar-refractivity contribution in [1.82, 2.24) is 9.55 Å². The molecule has 1 heterocycles. The van der Waals surface area contributed by atoms with Crippen molar-refractivity contribution in [2.24, 2.45) is 0 Å². The molecule has 0 fully saturated rings. The molecule has 0 saturated carbocycles. The second-order valence-corrected chi connectivity index (χ2v) is 4.85. The van der Waals surface area contributed by atoms with E-state index in [-0.39, 0.29) is 67.1 Å². The van der Waals surface area contributed by atoms with E-state index >= 15 is 0 Å². The van der Waals surface area contributed by atoms with E-state index in [0.29, 0.717) is 4.57 Å². The zero-order chi connectivity index (χ0) is 16.6. The van der Waals surface area contributed by atoms with Gasteiger partial charge in [0.05, 0.1) is 22.4 Å². The number of aromatic amines is 1. The molecule has 2 rings (SSSR count). The number of benzene rings is 1. The van der Waals surface area contributed by atoms with Crippen molar-refractivity contribution in [2.75, 3.05) is 0 Å². The number of H-pyrrole nitrogens is 1. The molecule has 0 unspecified atom stereocenters. The summed E-state index contributed by atoms with van der Waals surface area (Å²) in [6.45, 7) is 0. The first-order valence-corrected chi connectivity index (χ1v) is 6.29. The summed E-state index contributed by atoms with van der Waals surface area (Å²) in [6.07, 6.45) is 0. The van der Waals surface area contributed by atoms with Gasteiger partial charge in [0.2, 0.25) is 0 Å². The van der Waals surface area contributed by atoms with Gasteiger partial charge < -0.3 is 15.0 Å². The number of halogens is 2. The maximum atomic E-state index is 11.9. The molecule has 2 aromatic rings. The van der Waals surface area contributed by atoms with Crippen LogP contribution in [0.4, 0.5) is 0 Å². The van der Waals surface area contributed by atoms with Gasteiger partial charge in [0.15, 0.2) is 5.56 Å². The Morgan fingerprint density at radius 1 is 1.22 bits per heavy atom. The van der Waals surface area contributed by atoms with Crippen LogP contribution in [0.15, 0.2) is 27.8 Å². The molecule has 23 heavy (non-hydrogen) atoms. The number of hydrogen-bond donors (Lipinski definition) is 2. The van der Waals surface area contributed by atoms with E-state index in [0.717, 1.165) is 6.07 Å². The molecule has 2 N–H and O–H groups in total. The first-order valence-electron chi connectivity index (χ1n) is 5.53. The number of nitrogens with zero attached hydrogens (tertiary/aromatic N) is 1. The third-order valence-electron chi connectivity index (χ3n) is 2.67. The average molecular weight is 383 g/mol. The molecule has 0 saturated heterocycles. The predicted molar refractivity (Wildman–Crippen MR) is 74.0 cm³/mol. The Morgan fingerprint density at radius 2 is 1.83 bits per heavy atom. The van der Waals surface area contributed by atoms with Crippen molar-refractivity contribution < 1.29 is 71.2 Å². The molecule has 1 aromatic carbocycles. The molecule has 11 heteroatoms. The number of carboxylic acid groups (broad SMARTS) is 2. The van der Waals surface area contributed by atoms with Gasteiger partial charge in [-0.15, -0.1) is 0 Å². The van der Waals surface area contributed by atoms with Gasteiger partial charge >= 0.3 is 63.0 Å². The van der Waals surface area contributed by atoms with E-state index in [2.05, 4.69) is 0 Å². The zero-order valence-electron chi connectivity index (χ0n) is 11.4. The summed E-state index contributed by atoms with van der Waals surface area (Å²) >= 11 is 11.6. The summed E-state index contributed by atoms with van der Waals surface area (Å²) in [4.78, 5) is 47.5. The maximum Gasteiger partial charge on any atom is 1.00 e. The predicted octanol–water partition coefficient (Wildman–Crippen LogP) is -3.10. The summed E-state index contributed by atoms with van der Waals surface area (Å²) in [5.41, 5.74) is -5.07. The molecule has 0 spiro atoms. The second kappa shape index (κ2) is 7.75. The van der Waals surface area contributed by atoms with Gasteiger partial charge in [-0.2, -0.15) is 0 Å². The largest absolute Gasteiger partial charge is 1.00 e. The Hall–Kier alpha value is -0.944. The fourth-order valence-corrected chi connectivity index (χ4v) is 2.18. The van der Waals surface area contributed by atoms with E-state index in [9.17, 15) is 24.3 Å². The molecule has 0 aliphatic heterocycles. The van der Waals surface area contributed by atoms with Crippen molar-refractivity contribution in [2.45, 2.75) is 0 Å². The fourth-order valence-electron chi connectivity index (χ4n) is 1.82. The monoisotopic (exact) mass is 382 g/mol. The van der Waals surface area contributed by atoms with Gasteiger partial charge in [-0.25, -0.2) is 9.59 Å². The third-order valence-corrected chi connectivity index (χ3v) is 3.22. The minimum Gasteiger partial charge on any atom is -0.543 e. The van der Waals surface area contributed by atoms with Gasteiger partial charge in [0.1, 0.15) is 0 Å². The Kier molecular flexibility index (Phi) is 6.77. The summed E-state index contributed by atoms with van der Waals surface area (Å²) in [7, 11) is 0. The van der Waals surface area contributed by atoms with Crippen molar-refractivity contribution in [3.8, 4) is 5.69 Å². The van der Waals surface area contributed by atoms with Gasteiger partial charge in [0.25, 0.3) is 5.56 Å². The Bertz CT molecular complexity index is 921. The standard InChI is InChI=1S/C12H6Cl2N2O6.K/c13-4-1-2-5(14)6(3-4)16-8(11(20)21)7(10(18)19)9(17)15-12(16)22;/h1-3H,(H,18,19)(H,20,21)(H,15,17,22);/q;+1/p-1. The molecule has 0 atom stereocenters. The van der Waals surface area contributed by atoms with Gasteiger partial charge in [0, 0.05) is 5.02 Å². The second-order valence-electron chi connectivity index (χ2n) is 4.01. The first-order chi connectivity index (χ1) is 10.2. The van der Waals surface area contributed by atoms with Crippen LogP contribution in [0.2, 0.25) is 10.0 Å². The zero-order valence-corrected chi connectivity index (χ0v) is 16.1. The van der Waals surface area contributed by atoms with Crippen LogP contribution in [0.5, 0.6) is 0 Å². The van der Waals surface area contributed by atoms with Crippen molar-refractivity contribution in [3.63, 3.8) is 0 Å². The number of carbonyl (C=O) groups is 2. The topological polar surface area (TPSA) is 132 Å². The van der Waals surface area contributed by atoms with Crippen LogP contribution in [-0.2, 0) is 0 Å². The molecule has 0 aliphatic rings. The molecule has 1 aromatic heterocycles. The quantitative estimate of drug-likeness (QED) is 0.540. The number of nitrogens with one attached hydrogen (secondary N) is 1. The van der Waals surface area contributed by atoms with Crippen molar-refractivity contribution in [3.05, 3.63) is 60.3 Å². The number of aromatic nitrogens is 2. The van der Waals surface area contributed by atoms with Crippen LogP contribution >= 0.6 is 23.2 Å². The molecule has 0 radical (unpaired) electrons. The average Bonchev–Trinajstić information content (AvgIpc) is 2.40. The number of rotatable bonds is 3. The molecule has 0 bridgehead atoms. The smallest absolute Gasteiger partial charge is 0.543 e. The summed E-state index contributed by atoms with van der Waals surface area (Å²) in [5, 5.41) is 20.3. The van der Waals surface area contributed by atoms with Crippen LogP contribution in [0.1, 0.15) is 20.8 Å².